The van der Waals surface area contributed by atoms with Crippen molar-refractivity contribution in [1.82, 2.24) is 4.90 Å². The fourth-order valence-electron chi connectivity index (χ4n) is 3.83. The number of carbonyl (C=O) groups is 2. The lowest BCUT2D eigenvalue weighted by Gasteiger charge is -2.24. The van der Waals surface area contributed by atoms with Gasteiger partial charge in [-0.2, -0.15) is 0 Å². The minimum absolute atomic E-state index is 0.0137. The van der Waals surface area contributed by atoms with E-state index in [-0.39, 0.29) is 18.2 Å². The molecule has 0 aliphatic carbocycles. The summed E-state index contributed by atoms with van der Waals surface area (Å²) in [5.41, 5.74) is 2.01. The molecular weight excluding hydrogens is 368 g/mol. The maximum atomic E-state index is 13.3. The van der Waals surface area contributed by atoms with Crippen LogP contribution in [0.3, 0.4) is 0 Å². The number of para-hydroxylation sites is 1. The van der Waals surface area contributed by atoms with E-state index in [9.17, 15) is 9.59 Å². The van der Waals surface area contributed by atoms with Crippen LogP contribution in [0, 0.1) is 5.92 Å². The summed E-state index contributed by atoms with van der Waals surface area (Å²) in [6.07, 6.45) is 4.23. The maximum absolute atomic E-state index is 13.3. The van der Waals surface area contributed by atoms with Gasteiger partial charge in [0.15, 0.2) is 0 Å². The molecule has 1 unspecified atom stereocenters. The van der Waals surface area contributed by atoms with Crippen LogP contribution in [0.5, 0.6) is 0 Å². The van der Waals surface area contributed by atoms with E-state index in [2.05, 4.69) is 6.92 Å². The van der Waals surface area contributed by atoms with Gasteiger partial charge in [0.1, 0.15) is 11.5 Å². The van der Waals surface area contributed by atoms with E-state index in [1.165, 1.54) is 0 Å². The highest BCUT2D eigenvalue weighted by atomic mass is 16.3. The van der Waals surface area contributed by atoms with Crippen molar-refractivity contribution >= 4 is 17.5 Å². The van der Waals surface area contributed by atoms with E-state index < -0.39 is 5.92 Å². The first kappa shape index (κ1) is 19.1. The van der Waals surface area contributed by atoms with Crippen LogP contribution in [-0.4, -0.2) is 23.3 Å². The van der Waals surface area contributed by atoms with Gasteiger partial charge in [-0.15, -0.1) is 0 Å². The second-order valence-electron chi connectivity index (χ2n) is 7.24. The van der Waals surface area contributed by atoms with Gasteiger partial charge >= 0.3 is 0 Å². The average Bonchev–Trinajstić information content (AvgIpc) is 3.49. The molecule has 1 aromatic carbocycles. The van der Waals surface area contributed by atoms with Crippen molar-refractivity contribution in [2.45, 2.75) is 32.9 Å². The molecular formula is C23H24N2O4. The molecule has 0 radical (unpaired) electrons. The third-order valence-corrected chi connectivity index (χ3v) is 5.30. The predicted molar refractivity (Wildman–Crippen MR) is 108 cm³/mol. The summed E-state index contributed by atoms with van der Waals surface area (Å²) in [5.74, 6) is 0.921. The van der Waals surface area contributed by atoms with E-state index in [4.69, 9.17) is 8.83 Å². The Labute approximate surface area is 169 Å². The van der Waals surface area contributed by atoms with Gasteiger partial charge in [-0.3, -0.25) is 9.59 Å². The number of furan rings is 2. The first-order chi connectivity index (χ1) is 14.2. The number of nitrogens with zero attached hydrogens (tertiary/aromatic N) is 2. The van der Waals surface area contributed by atoms with Gasteiger partial charge in [0.25, 0.3) is 0 Å². The van der Waals surface area contributed by atoms with Gasteiger partial charge in [-0.05, 0) is 42.3 Å². The lowest BCUT2D eigenvalue weighted by molar-refractivity contribution is -0.137. The topological polar surface area (TPSA) is 66.9 Å². The molecule has 0 spiro atoms. The first-order valence-corrected chi connectivity index (χ1v) is 9.87. The van der Waals surface area contributed by atoms with E-state index in [0.29, 0.717) is 31.2 Å². The SMILES string of the molecule is CCc1ccccc1N1CC(C(=O)N(Cc2ccco2)Cc2ccco2)CC1=O. The molecule has 3 heterocycles. The molecule has 150 valence electrons. The molecule has 2 amide bonds. The summed E-state index contributed by atoms with van der Waals surface area (Å²) in [5, 5.41) is 0. The van der Waals surface area contributed by atoms with Crippen LogP contribution in [0.15, 0.2) is 69.9 Å². The number of rotatable bonds is 7. The Morgan fingerprint density at radius 3 is 2.28 bits per heavy atom. The lowest BCUT2D eigenvalue weighted by atomic mass is 10.1. The van der Waals surface area contributed by atoms with Crippen molar-refractivity contribution < 1.29 is 18.4 Å². The number of benzene rings is 1. The molecule has 0 bridgehead atoms. The van der Waals surface area contributed by atoms with Crippen molar-refractivity contribution in [3.8, 4) is 0 Å². The summed E-state index contributed by atoms with van der Waals surface area (Å²) in [7, 11) is 0. The molecule has 6 nitrogen and oxygen atoms in total. The van der Waals surface area contributed by atoms with Crippen molar-refractivity contribution in [2.75, 3.05) is 11.4 Å². The molecule has 3 aromatic rings. The predicted octanol–water partition coefficient (Wildman–Crippen LogP) is 4.02. The van der Waals surface area contributed by atoms with Gasteiger partial charge < -0.3 is 18.6 Å². The standard InChI is InChI=1S/C23H24N2O4/c1-2-17-7-3-4-10-21(17)25-14-18(13-22(25)26)23(27)24(15-19-8-5-11-28-19)16-20-9-6-12-29-20/h3-12,18H,2,13-16H2,1H3. The second-order valence-corrected chi connectivity index (χ2v) is 7.24. The molecule has 1 aliphatic rings. The first-order valence-electron chi connectivity index (χ1n) is 9.87. The number of carbonyl (C=O) groups excluding carboxylic acids is 2. The fourth-order valence-corrected chi connectivity index (χ4v) is 3.83. The zero-order valence-corrected chi connectivity index (χ0v) is 16.4. The summed E-state index contributed by atoms with van der Waals surface area (Å²) < 4.78 is 10.9. The van der Waals surface area contributed by atoms with Crippen LogP contribution in [0.1, 0.15) is 30.4 Å². The largest absolute Gasteiger partial charge is 0.467 e. The summed E-state index contributed by atoms with van der Waals surface area (Å²) >= 11 is 0. The van der Waals surface area contributed by atoms with Crippen molar-refractivity contribution in [1.29, 1.82) is 0 Å². The maximum Gasteiger partial charge on any atom is 0.228 e. The van der Waals surface area contributed by atoms with Crippen molar-refractivity contribution in [3.63, 3.8) is 0 Å². The smallest absolute Gasteiger partial charge is 0.228 e. The number of amides is 2. The van der Waals surface area contributed by atoms with Gasteiger partial charge in [0, 0.05) is 18.7 Å². The van der Waals surface area contributed by atoms with E-state index in [1.54, 1.807) is 34.5 Å². The van der Waals surface area contributed by atoms with Gasteiger partial charge in [0.05, 0.1) is 31.5 Å². The van der Waals surface area contributed by atoms with Crippen LogP contribution in [0.25, 0.3) is 0 Å². The molecule has 2 aromatic heterocycles. The summed E-state index contributed by atoms with van der Waals surface area (Å²) in [6, 6.07) is 15.2. The van der Waals surface area contributed by atoms with Gasteiger partial charge in [-0.25, -0.2) is 0 Å². The molecule has 4 rings (SSSR count). The van der Waals surface area contributed by atoms with Crippen LogP contribution >= 0.6 is 0 Å². The fraction of sp³-hybridized carbons (Fsp3) is 0.304. The van der Waals surface area contributed by atoms with Gasteiger partial charge in [0.2, 0.25) is 11.8 Å². The van der Waals surface area contributed by atoms with Crippen LogP contribution < -0.4 is 4.90 Å². The number of aryl methyl sites for hydroxylation is 1. The monoisotopic (exact) mass is 392 g/mol. The molecule has 1 atom stereocenters. The third kappa shape index (κ3) is 4.11. The Balaban J connectivity index is 1.53. The van der Waals surface area contributed by atoms with Crippen molar-refractivity contribution in [3.05, 3.63) is 78.1 Å². The zero-order chi connectivity index (χ0) is 20.2. The number of hydrogen-bond acceptors (Lipinski definition) is 4. The molecule has 29 heavy (non-hydrogen) atoms. The van der Waals surface area contributed by atoms with Gasteiger partial charge in [-0.1, -0.05) is 25.1 Å². The van der Waals surface area contributed by atoms with Crippen LogP contribution in [-0.2, 0) is 29.1 Å². The Kier molecular flexibility index (Phi) is 5.51. The highest BCUT2D eigenvalue weighted by molar-refractivity contribution is 6.00. The molecule has 0 N–H and O–H groups in total. The molecule has 1 saturated heterocycles. The highest BCUT2D eigenvalue weighted by Gasteiger charge is 2.38. The minimum Gasteiger partial charge on any atom is -0.467 e. The molecule has 1 fully saturated rings. The Hall–Kier alpha value is -3.28. The highest BCUT2D eigenvalue weighted by Crippen LogP contribution is 2.30. The second kappa shape index (κ2) is 8.39. The Morgan fingerprint density at radius 2 is 1.69 bits per heavy atom. The normalized spacial score (nSPS) is 16.4. The lowest BCUT2D eigenvalue weighted by Crippen LogP contribution is -2.36. The van der Waals surface area contributed by atoms with Crippen LogP contribution in [0.4, 0.5) is 5.69 Å². The van der Waals surface area contributed by atoms with E-state index in [1.807, 2.05) is 36.4 Å². The summed E-state index contributed by atoms with van der Waals surface area (Å²) in [4.78, 5) is 29.5. The Morgan fingerprint density at radius 1 is 1.03 bits per heavy atom. The quantitative estimate of drug-likeness (QED) is 0.609. The number of anilines is 1. The van der Waals surface area contributed by atoms with E-state index in [0.717, 1.165) is 17.7 Å². The molecule has 0 saturated carbocycles. The molecule has 6 heteroatoms. The van der Waals surface area contributed by atoms with Crippen LogP contribution in [0.2, 0.25) is 0 Å². The van der Waals surface area contributed by atoms with Crippen molar-refractivity contribution in [2.24, 2.45) is 5.92 Å². The molecule has 1 aliphatic heterocycles. The third-order valence-electron chi connectivity index (χ3n) is 5.30. The average molecular weight is 392 g/mol. The Bertz CT molecular complexity index is 926. The minimum atomic E-state index is -0.391. The summed E-state index contributed by atoms with van der Waals surface area (Å²) in [6.45, 7) is 3.13. The van der Waals surface area contributed by atoms with E-state index >= 15 is 0 Å². The zero-order valence-electron chi connectivity index (χ0n) is 16.4. The number of hydrogen-bond donors (Lipinski definition) is 0.